The Balaban J connectivity index is 4.45. The Morgan fingerprint density at radius 3 is 1.57 bits per heavy atom. The van der Waals surface area contributed by atoms with Crippen molar-refractivity contribution < 1.29 is 35.1 Å². The maximum Gasteiger partial charge on any atom is 0.335 e. The molecule has 5 N–H and O–H groups in total. The van der Waals surface area contributed by atoms with Crippen molar-refractivity contribution in [2.24, 2.45) is 5.92 Å². The standard InChI is InChI=1S/C7H12O7/c1-2(4(9)6(11)12)3(8)5(10)7(13)14/h2-5,8-10H,1H3,(H,11,12)(H,13,14)/t2?,3-,4-,5+/m1/s1. The molecule has 7 heteroatoms. The number of aliphatic hydroxyl groups is 3. The molecule has 0 aromatic heterocycles. The molecule has 4 atom stereocenters. The molecule has 7 nitrogen and oxygen atoms in total. The van der Waals surface area contributed by atoms with Gasteiger partial charge in [-0.25, -0.2) is 9.59 Å². The van der Waals surface area contributed by atoms with E-state index in [1.807, 2.05) is 0 Å². The van der Waals surface area contributed by atoms with Gasteiger partial charge in [-0.2, -0.15) is 0 Å². The summed E-state index contributed by atoms with van der Waals surface area (Å²) in [6.07, 6.45) is -5.86. The summed E-state index contributed by atoms with van der Waals surface area (Å²) in [5.74, 6) is -4.55. The highest BCUT2D eigenvalue weighted by atomic mass is 16.4. The molecule has 0 aromatic rings. The molecule has 0 aromatic carbocycles. The van der Waals surface area contributed by atoms with Gasteiger partial charge >= 0.3 is 11.9 Å². The van der Waals surface area contributed by atoms with Crippen LogP contribution in [0.5, 0.6) is 0 Å². The van der Waals surface area contributed by atoms with E-state index in [1.165, 1.54) is 0 Å². The van der Waals surface area contributed by atoms with Crippen molar-refractivity contribution in [1.82, 2.24) is 0 Å². The third-order valence-electron chi connectivity index (χ3n) is 1.87. The molecule has 0 saturated carbocycles. The number of hydrogen-bond acceptors (Lipinski definition) is 5. The lowest BCUT2D eigenvalue weighted by Gasteiger charge is -2.23. The fourth-order valence-corrected chi connectivity index (χ4v) is 0.845. The van der Waals surface area contributed by atoms with Crippen molar-refractivity contribution in [3.05, 3.63) is 0 Å². The topological polar surface area (TPSA) is 135 Å². The average Bonchev–Trinajstić information content (AvgIpc) is 2.12. The van der Waals surface area contributed by atoms with Crippen LogP contribution in [-0.4, -0.2) is 55.8 Å². The molecule has 0 amide bonds. The van der Waals surface area contributed by atoms with Crippen LogP contribution in [0.4, 0.5) is 0 Å². The largest absolute Gasteiger partial charge is 0.479 e. The van der Waals surface area contributed by atoms with Gasteiger partial charge < -0.3 is 25.5 Å². The molecular formula is C7H12O7. The number of aliphatic carboxylic acids is 2. The zero-order valence-corrected chi connectivity index (χ0v) is 7.36. The van der Waals surface area contributed by atoms with E-state index in [1.54, 1.807) is 0 Å². The maximum atomic E-state index is 10.2. The van der Waals surface area contributed by atoms with Gasteiger partial charge in [-0.1, -0.05) is 6.92 Å². The zero-order chi connectivity index (χ0) is 11.5. The van der Waals surface area contributed by atoms with Crippen LogP contribution in [0.1, 0.15) is 6.92 Å². The van der Waals surface area contributed by atoms with E-state index < -0.39 is 36.2 Å². The van der Waals surface area contributed by atoms with Gasteiger partial charge in [0, 0.05) is 5.92 Å². The minimum Gasteiger partial charge on any atom is -0.479 e. The molecule has 0 rings (SSSR count). The summed E-state index contributed by atoms with van der Waals surface area (Å²) in [6.45, 7) is 1.12. The second-order valence-electron chi connectivity index (χ2n) is 2.92. The molecule has 14 heavy (non-hydrogen) atoms. The number of carbonyl (C=O) groups is 2. The molecule has 0 saturated heterocycles. The first kappa shape index (κ1) is 12.8. The molecule has 0 radical (unpaired) electrons. The molecule has 1 unspecified atom stereocenters. The van der Waals surface area contributed by atoms with Crippen molar-refractivity contribution >= 4 is 11.9 Å². The summed E-state index contributed by atoms with van der Waals surface area (Å²) in [6, 6.07) is 0. The van der Waals surface area contributed by atoms with E-state index in [2.05, 4.69) is 0 Å². The normalized spacial score (nSPS) is 19.4. The molecular weight excluding hydrogens is 196 g/mol. The third kappa shape index (κ3) is 2.95. The maximum absolute atomic E-state index is 10.2. The van der Waals surface area contributed by atoms with Gasteiger partial charge in [-0.3, -0.25) is 0 Å². The SMILES string of the molecule is CC([C@@H](O)[C@H](O)C(=O)O)[C@@H](O)C(=O)O. The Morgan fingerprint density at radius 1 is 0.929 bits per heavy atom. The van der Waals surface area contributed by atoms with Crippen LogP contribution in [0.15, 0.2) is 0 Å². The summed E-state index contributed by atoms with van der Waals surface area (Å²) in [5, 5.41) is 43.5. The molecule has 0 aliphatic heterocycles. The summed E-state index contributed by atoms with van der Waals surface area (Å²) in [5.41, 5.74) is 0. The van der Waals surface area contributed by atoms with Crippen molar-refractivity contribution in [2.45, 2.75) is 25.2 Å². The number of aliphatic hydroxyl groups excluding tert-OH is 3. The highest BCUT2D eigenvalue weighted by Crippen LogP contribution is 2.12. The fourth-order valence-electron chi connectivity index (χ4n) is 0.845. The van der Waals surface area contributed by atoms with Crippen LogP contribution in [0.2, 0.25) is 0 Å². The minimum absolute atomic E-state index is 1.12. The average molecular weight is 208 g/mol. The van der Waals surface area contributed by atoms with Crippen molar-refractivity contribution in [3.8, 4) is 0 Å². The molecule has 0 fully saturated rings. The van der Waals surface area contributed by atoms with Gasteiger partial charge in [0.05, 0.1) is 6.10 Å². The van der Waals surface area contributed by atoms with Gasteiger partial charge in [0.1, 0.15) is 0 Å². The predicted octanol–water partition coefficient (Wildman–Crippen LogP) is -2.13. The van der Waals surface area contributed by atoms with Crippen LogP contribution >= 0.6 is 0 Å². The van der Waals surface area contributed by atoms with E-state index in [0.29, 0.717) is 0 Å². The predicted molar refractivity (Wildman–Crippen MR) is 42.5 cm³/mol. The van der Waals surface area contributed by atoms with Crippen LogP contribution in [-0.2, 0) is 9.59 Å². The van der Waals surface area contributed by atoms with Crippen LogP contribution in [0, 0.1) is 5.92 Å². The van der Waals surface area contributed by atoms with Crippen LogP contribution in [0.3, 0.4) is 0 Å². The Kier molecular flexibility index (Phi) is 4.48. The van der Waals surface area contributed by atoms with Gasteiger partial charge in [-0.15, -0.1) is 0 Å². The first-order valence-electron chi connectivity index (χ1n) is 3.78. The lowest BCUT2D eigenvalue weighted by Crippen LogP contribution is -2.44. The van der Waals surface area contributed by atoms with E-state index >= 15 is 0 Å². The highest BCUT2D eigenvalue weighted by molar-refractivity contribution is 5.74. The molecule has 0 aliphatic rings. The number of carboxylic acids is 2. The van der Waals surface area contributed by atoms with Crippen molar-refractivity contribution in [1.29, 1.82) is 0 Å². The smallest absolute Gasteiger partial charge is 0.335 e. The van der Waals surface area contributed by atoms with E-state index in [4.69, 9.17) is 25.5 Å². The monoisotopic (exact) mass is 208 g/mol. The Morgan fingerprint density at radius 2 is 1.29 bits per heavy atom. The Hall–Kier alpha value is -1.18. The van der Waals surface area contributed by atoms with Gasteiger partial charge in [0.25, 0.3) is 0 Å². The second-order valence-corrected chi connectivity index (χ2v) is 2.92. The van der Waals surface area contributed by atoms with Crippen molar-refractivity contribution in [2.75, 3.05) is 0 Å². The highest BCUT2D eigenvalue weighted by Gasteiger charge is 2.35. The van der Waals surface area contributed by atoms with Gasteiger partial charge in [-0.05, 0) is 0 Å². The van der Waals surface area contributed by atoms with E-state index in [9.17, 15) is 9.59 Å². The zero-order valence-electron chi connectivity index (χ0n) is 7.36. The molecule has 0 bridgehead atoms. The molecule has 0 heterocycles. The fraction of sp³-hybridized carbons (Fsp3) is 0.714. The van der Waals surface area contributed by atoms with E-state index in [0.717, 1.165) is 6.92 Å². The van der Waals surface area contributed by atoms with Crippen LogP contribution in [0.25, 0.3) is 0 Å². The lowest BCUT2D eigenvalue weighted by molar-refractivity contribution is -0.163. The summed E-state index contributed by atoms with van der Waals surface area (Å²) < 4.78 is 0. The first-order valence-corrected chi connectivity index (χ1v) is 3.78. The molecule has 0 aliphatic carbocycles. The number of hydrogen-bond donors (Lipinski definition) is 5. The Labute approximate surface area is 79.2 Å². The summed E-state index contributed by atoms with van der Waals surface area (Å²) in [7, 11) is 0. The van der Waals surface area contributed by atoms with E-state index in [-0.39, 0.29) is 0 Å². The van der Waals surface area contributed by atoms with Crippen molar-refractivity contribution in [3.63, 3.8) is 0 Å². The second kappa shape index (κ2) is 4.89. The number of carboxylic acid groups (broad SMARTS) is 2. The molecule has 82 valence electrons. The summed E-state index contributed by atoms with van der Waals surface area (Å²) in [4.78, 5) is 20.4. The first-order chi connectivity index (χ1) is 6.29. The van der Waals surface area contributed by atoms with Crippen LogP contribution < -0.4 is 0 Å². The van der Waals surface area contributed by atoms with Gasteiger partial charge in [0.15, 0.2) is 12.2 Å². The molecule has 0 spiro atoms. The Bertz CT molecular complexity index is 202. The quantitative estimate of drug-likeness (QED) is 0.348. The third-order valence-corrected chi connectivity index (χ3v) is 1.87. The summed E-state index contributed by atoms with van der Waals surface area (Å²) >= 11 is 0. The van der Waals surface area contributed by atoms with Gasteiger partial charge in [0.2, 0.25) is 0 Å². The minimum atomic E-state index is -2.11. The lowest BCUT2D eigenvalue weighted by atomic mass is 9.94. The number of rotatable bonds is 5.